The van der Waals surface area contributed by atoms with E-state index >= 15 is 0 Å². The molecule has 0 bridgehead atoms. The van der Waals surface area contributed by atoms with E-state index in [4.69, 9.17) is 9.47 Å². The molecule has 72 valence electrons. The average Bonchev–Trinajstić information content (AvgIpc) is 2.29. The molecule has 0 amide bonds. The van der Waals surface area contributed by atoms with Crippen LogP contribution in [0, 0.1) is 0 Å². The monoisotopic (exact) mass is 188 g/mol. The van der Waals surface area contributed by atoms with Crippen molar-refractivity contribution in [3.05, 3.63) is 60.1 Å². The van der Waals surface area contributed by atoms with Crippen LogP contribution >= 0.6 is 0 Å². The second-order valence-corrected chi connectivity index (χ2v) is 3.00. The summed E-state index contributed by atoms with van der Waals surface area (Å²) < 4.78 is 10.7. The lowest BCUT2D eigenvalue weighted by molar-refractivity contribution is 0.0365. The van der Waals surface area contributed by atoms with Gasteiger partial charge < -0.3 is 9.47 Å². The van der Waals surface area contributed by atoms with Crippen LogP contribution in [0.5, 0.6) is 0 Å². The molecular weight excluding hydrogens is 176 g/mol. The van der Waals surface area contributed by atoms with Crippen LogP contribution in [-0.4, -0.2) is 6.61 Å². The molecule has 1 aromatic carbocycles. The fourth-order valence-corrected chi connectivity index (χ4v) is 1.20. The van der Waals surface area contributed by atoms with Crippen LogP contribution in [0.15, 0.2) is 54.5 Å². The van der Waals surface area contributed by atoms with Gasteiger partial charge in [-0.05, 0) is 11.6 Å². The van der Waals surface area contributed by atoms with Crippen molar-refractivity contribution in [2.45, 2.75) is 6.61 Å². The molecule has 0 unspecified atom stereocenters. The molecule has 1 aliphatic heterocycles. The molecule has 0 N–H and O–H groups in total. The molecule has 1 aliphatic rings. The van der Waals surface area contributed by atoms with Crippen molar-refractivity contribution in [2.75, 3.05) is 6.61 Å². The predicted molar refractivity (Wildman–Crippen MR) is 54.4 cm³/mol. The molecule has 0 fully saturated rings. The molecule has 1 aromatic rings. The lowest BCUT2D eigenvalue weighted by Crippen LogP contribution is -2.01. The van der Waals surface area contributed by atoms with Crippen molar-refractivity contribution in [3.8, 4) is 0 Å². The van der Waals surface area contributed by atoms with Crippen LogP contribution in [0.1, 0.15) is 5.56 Å². The Morgan fingerprint density at radius 3 is 2.79 bits per heavy atom. The van der Waals surface area contributed by atoms with Gasteiger partial charge in [0.15, 0.2) is 0 Å². The second kappa shape index (κ2) is 4.51. The van der Waals surface area contributed by atoms with E-state index in [-0.39, 0.29) is 0 Å². The summed E-state index contributed by atoms with van der Waals surface area (Å²) in [5.41, 5.74) is 1.14. The zero-order chi connectivity index (χ0) is 9.64. The quantitative estimate of drug-likeness (QED) is 0.726. The zero-order valence-electron chi connectivity index (χ0n) is 7.85. The molecule has 0 saturated carbocycles. The molecule has 0 spiro atoms. The first-order valence-electron chi connectivity index (χ1n) is 4.61. The van der Waals surface area contributed by atoms with Gasteiger partial charge in [-0.1, -0.05) is 36.4 Å². The Kier molecular flexibility index (Phi) is 2.86. The molecule has 2 heteroatoms. The smallest absolute Gasteiger partial charge is 0.279 e. The van der Waals surface area contributed by atoms with Gasteiger partial charge in [-0.3, -0.25) is 0 Å². The maximum Gasteiger partial charge on any atom is 0.279 e. The van der Waals surface area contributed by atoms with Crippen molar-refractivity contribution < 1.29 is 9.47 Å². The fraction of sp³-hybridized carbons (Fsp3) is 0.167. The third-order valence-corrected chi connectivity index (χ3v) is 1.91. The zero-order valence-corrected chi connectivity index (χ0v) is 7.85. The van der Waals surface area contributed by atoms with Crippen LogP contribution < -0.4 is 0 Å². The summed E-state index contributed by atoms with van der Waals surface area (Å²) >= 11 is 0. The van der Waals surface area contributed by atoms with Gasteiger partial charge in [-0.2, -0.15) is 0 Å². The van der Waals surface area contributed by atoms with Crippen molar-refractivity contribution in [3.63, 3.8) is 0 Å². The normalized spacial score (nSPS) is 14.4. The largest absolute Gasteiger partial charge is 0.461 e. The number of hydrogen-bond acceptors (Lipinski definition) is 2. The first kappa shape index (κ1) is 8.88. The van der Waals surface area contributed by atoms with Gasteiger partial charge in [-0.25, -0.2) is 0 Å². The van der Waals surface area contributed by atoms with E-state index in [2.05, 4.69) is 0 Å². The van der Waals surface area contributed by atoms with E-state index in [1.165, 1.54) is 0 Å². The molecule has 1 heterocycles. The van der Waals surface area contributed by atoms with Crippen molar-refractivity contribution in [1.82, 2.24) is 0 Å². The molecule has 0 atom stereocenters. The molecule has 2 rings (SSSR count). The SMILES string of the molecule is C1=CCOC(OCc2ccccc2)=C1. The maximum atomic E-state index is 5.46. The van der Waals surface area contributed by atoms with Crippen molar-refractivity contribution >= 4 is 0 Å². The van der Waals surface area contributed by atoms with Gasteiger partial charge in [0.05, 0.1) is 0 Å². The van der Waals surface area contributed by atoms with E-state index in [0.29, 0.717) is 19.2 Å². The molecule has 0 radical (unpaired) electrons. The fourth-order valence-electron chi connectivity index (χ4n) is 1.20. The van der Waals surface area contributed by atoms with Crippen LogP contribution in [0.4, 0.5) is 0 Å². The standard InChI is InChI=1S/C12H12O2/c1-2-6-11(7-3-1)10-14-12-8-4-5-9-13-12/h1-8H,9-10H2. The van der Waals surface area contributed by atoms with Gasteiger partial charge in [-0.15, -0.1) is 0 Å². The highest BCUT2D eigenvalue weighted by atomic mass is 16.7. The van der Waals surface area contributed by atoms with Crippen LogP contribution in [0.25, 0.3) is 0 Å². The lowest BCUT2D eigenvalue weighted by atomic mass is 10.2. The Bertz CT molecular complexity index is 339. The summed E-state index contributed by atoms with van der Waals surface area (Å²) in [6.07, 6.45) is 5.70. The summed E-state index contributed by atoms with van der Waals surface area (Å²) in [4.78, 5) is 0. The molecule has 14 heavy (non-hydrogen) atoms. The lowest BCUT2D eigenvalue weighted by Gasteiger charge is -2.12. The Labute approximate surface area is 83.5 Å². The molecule has 0 saturated heterocycles. The minimum absolute atomic E-state index is 0.556. The van der Waals surface area contributed by atoms with E-state index in [1.807, 2.05) is 48.6 Å². The van der Waals surface area contributed by atoms with Crippen molar-refractivity contribution in [1.29, 1.82) is 0 Å². The molecule has 2 nitrogen and oxygen atoms in total. The minimum Gasteiger partial charge on any atom is -0.461 e. The first-order chi connectivity index (χ1) is 6.95. The third kappa shape index (κ3) is 2.39. The first-order valence-corrected chi connectivity index (χ1v) is 4.61. The van der Waals surface area contributed by atoms with Crippen LogP contribution in [0.3, 0.4) is 0 Å². The molecule has 0 aromatic heterocycles. The number of allylic oxidation sites excluding steroid dienone is 2. The van der Waals surface area contributed by atoms with E-state index in [1.54, 1.807) is 0 Å². The van der Waals surface area contributed by atoms with Gasteiger partial charge in [0.2, 0.25) is 0 Å². The van der Waals surface area contributed by atoms with E-state index in [9.17, 15) is 0 Å². The second-order valence-electron chi connectivity index (χ2n) is 3.00. The predicted octanol–water partition coefficient (Wildman–Crippen LogP) is 2.63. The maximum absolute atomic E-state index is 5.46. The topological polar surface area (TPSA) is 18.5 Å². The number of rotatable bonds is 3. The number of benzene rings is 1. The van der Waals surface area contributed by atoms with Gasteiger partial charge in [0.1, 0.15) is 13.2 Å². The Morgan fingerprint density at radius 1 is 1.21 bits per heavy atom. The summed E-state index contributed by atoms with van der Waals surface area (Å²) in [6, 6.07) is 10.0. The van der Waals surface area contributed by atoms with Crippen molar-refractivity contribution in [2.24, 2.45) is 0 Å². The molecular formula is C12H12O2. The van der Waals surface area contributed by atoms with E-state index < -0.39 is 0 Å². The van der Waals surface area contributed by atoms with Gasteiger partial charge in [0.25, 0.3) is 5.95 Å². The van der Waals surface area contributed by atoms with E-state index in [0.717, 1.165) is 5.56 Å². The van der Waals surface area contributed by atoms with Gasteiger partial charge in [0, 0.05) is 6.08 Å². The Balaban J connectivity index is 1.88. The Hall–Kier alpha value is -1.70. The average molecular weight is 188 g/mol. The highest BCUT2D eigenvalue weighted by Gasteiger charge is 2.00. The summed E-state index contributed by atoms with van der Waals surface area (Å²) in [6.45, 7) is 1.15. The molecule has 0 aliphatic carbocycles. The highest BCUT2D eigenvalue weighted by Crippen LogP contribution is 2.09. The third-order valence-electron chi connectivity index (χ3n) is 1.91. The minimum atomic E-state index is 0.556. The highest BCUT2D eigenvalue weighted by molar-refractivity contribution is 5.14. The number of ether oxygens (including phenoxy) is 2. The summed E-state index contributed by atoms with van der Waals surface area (Å²) in [5, 5.41) is 0. The summed E-state index contributed by atoms with van der Waals surface area (Å²) in [5.74, 6) is 0.594. The Morgan fingerprint density at radius 2 is 2.07 bits per heavy atom. The van der Waals surface area contributed by atoms with Crippen LogP contribution in [0.2, 0.25) is 0 Å². The van der Waals surface area contributed by atoms with Crippen LogP contribution in [-0.2, 0) is 16.1 Å². The summed E-state index contributed by atoms with van der Waals surface area (Å²) in [7, 11) is 0. The number of hydrogen-bond donors (Lipinski definition) is 0. The van der Waals surface area contributed by atoms with Gasteiger partial charge >= 0.3 is 0 Å².